The Labute approximate surface area is 102 Å². The maximum atomic E-state index is 11.0. The molecule has 0 saturated carbocycles. The second-order valence-electron chi connectivity index (χ2n) is 3.29. The highest BCUT2D eigenvalue weighted by Crippen LogP contribution is 2.40. The largest absolute Gasteiger partial charge is 0.486 e. The molecule has 0 aromatic heterocycles. The maximum Gasteiger partial charge on any atom is 0.240 e. The molecule has 1 amide bonds. The molecular formula is C10H9Cl2NO3. The highest BCUT2D eigenvalue weighted by molar-refractivity contribution is 6.33. The number of nitrogens with two attached hydrogens (primary N) is 1. The molecule has 0 radical (unpaired) electrons. The number of carbonyl (C=O) groups is 1. The molecule has 0 spiro atoms. The zero-order chi connectivity index (χ0) is 11.7. The Bertz CT molecular complexity index is 436. The molecule has 16 heavy (non-hydrogen) atoms. The minimum Gasteiger partial charge on any atom is -0.486 e. The molecule has 1 aromatic carbocycles. The Morgan fingerprint density at radius 1 is 1.38 bits per heavy atom. The Balaban J connectivity index is 2.42. The molecule has 0 fully saturated rings. The van der Waals surface area contributed by atoms with Crippen molar-refractivity contribution in [2.24, 2.45) is 5.73 Å². The number of alkyl halides is 1. The van der Waals surface area contributed by atoms with E-state index < -0.39 is 11.3 Å². The first-order valence-corrected chi connectivity index (χ1v) is 5.43. The summed E-state index contributed by atoms with van der Waals surface area (Å²) in [6.07, 6.45) is 0. The van der Waals surface area contributed by atoms with Crippen LogP contribution in [0.15, 0.2) is 12.1 Å². The second kappa shape index (κ2) is 4.39. The van der Waals surface area contributed by atoms with E-state index in [1.807, 2.05) is 0 Å². The molecule has 0 bridgehead atoms. The number of fused-ring (bicyclic) bond motifs is 1. The SMILES string of the molecule is NC(=O)C(Cl)c1cc(Cl)c2c(c1)OCCO2. The van der Waals surface area contributed by atoms with Crippen molar-refractivity contribution in [3.8, 4) is 11.5 Å². The van der Waals surface area contributed by atoms with Gasteiger partial charge in [-0.2, -0.15) is 0 Å². The number of benzene rings is 1. The van der Waals surface area contributed by atoms with Crippen LogP contribution in [0.2, 0.25) is 5.02 Å². The van der Waals surface area contributed by atoms with E-state index in [9.17, 15) is 4.79 Å². The minimum absolute atomic E-state index is 0.360. The number of hydrogen-bond donors (Lipinski definition) is 1. The third kappa shape index (κ3) is 2.03. The van der Waals surface area contributed by atoms with Crippen molar-refractivity contribution in [3.63, 3.8) is 0 Å². The summed E-state index contributed by atoms with van der Waals surface area (Å²) >= 11 is 11.8. The lowest BCUT2D eigenvalue weighted by Gasteiger charge is -2.20. The van der Waals surface area contributed by atoms with Crippen LogP contribution in [0.4, 0.5) is 0 Å². The monoisotopic (exact) mass is 261 g/mol. The number of hydrogen-bond acceptors (Lipinski definition) is 3. The van der Waals surface area contributed by atoms with E-state index in [1.165, 1.54) is 0 Å². The normalized spacial score (nSPS) is 15.6. The van der Waals surface area contributed by atoms with E-state index in [2.05, 4.69) is 0 Å². The fourth-order valence-corrected chi connectivity index (χ4v) is 1.84. The smallest absolute Gasteiger partial charge is 0.240 e. The summed E-state index contributed by atoms with van der Waals surface area (Å²) in [5.41, 5.74) is 5.61. The van der Waals surface area contributed by atoms with E-state index >= 15 is 0 Å². The van der Waals surface area contributed by atoms with Crippen LogP contribution in [-0.4, -0.2) is 19.1 Å². The van der Waals surface area contributed by atoms with Crippen molar-refractivity contribution >= 4 is 29.1 Å². The Kier molecular flexibility index (Phi) is 3.12. The van der Waals surface area contributed by atoms with Crippen molar-refractivity contribution < 1.29 is 14.3 Å². The minimum atomic E-state index is -0.923. The highest BCUT2D eigenvalue weighted by Gasteiger charge is 2.21. The van der Waals surface area contributed by atoms with Crippen molar-refractivity contribution in [1.29, 1.82) is 0 Å². The molecule has 0 saturated heterocycles. The molecular weight excluding hydrogens is 253 g/mol. The van der Waals surface area contributed by atoms with E-state index in [1.54, 1.807) is 12.1 Å². The van der Waals surface area contributed by atoms with Gasteiger partial charge in [-0.05, 0) is 17.7 Å². The van der Waals surface area contributed by atoms with Crippen molar-refractivity contribution in [2.45, 2.75) is 5.38 Å². The molecule has 1 unspecified atom stereocenters. The van der Waals surface area contributed by atoms with Crippen LogP contribution in [0, 0.1) is 0 Å². The zero-order valence-corrected chi connectivity index (χ0v) is 9.72. The summed E-state index contributed by atoms with van der Waals surface area (Å²) in [6.45, 7) is 0.891. The lowest BCUT2D eigenvalue weighted by Crippen LogP contribution is -2.19. The fourth-order valence-electron chi connectivity index (χ4n) is 1.44. The fraction of sp³-hybridized carbons (Fsp3) is 0.300. The molecule has 1 aromatic rings. The highest BCUT2D eigenvalue weighted by atomic mass is 35.5. The van der Waals surface area contributed by atoms with Crippen LogP contribution in [-0.2, 0) is 4.79 Å². The number of amides is 1. The predicted molar refractivity (Wildman–Crippen MR) is 60.2 cm³/mol. The van der Waals surface area contributed by atoms with E-state index in [4.69, 9.17) is 38.4 Å². The van der Waals surface area contributed by atoms with E-state index in [0.717, 1.165) is 0 Å². The quantitative estimate of drug-likeness (QED) is 0.827. The molecule has 1 aliphatic rings. The molecule has 1 aliphatic heterocycles. The maximum absolute atomic E-state index is 11.0. The van der Waals surface area contributed by atoms with Gasteiger partial charge in [0.25, 0.3) is 0 Å². The first-order valence-electron chi connectivity index (χ1n) is 4.62. The van der Waals surface area contributed by atoms with Gasteiger partial charge in [0.05, 0.1) is 5.02 Å². The molecule has 2 rings (SSSR count). The molecule has 0 aliphatic carbocycles. The number of rotatable bonds is 2. The first kappa shape index (κ1) is 11.4. The Morgan fingerprint density at radius 2 is 2.06 bits per heavy atom. The van der Waals surface area contributed by atoms with Crippen LogP contribution in [0.25, 0.3) is 0 Å². The second-order valence-corrected chi connectivity index (χ2v) is 4.14. The van der Waals surface area contributed by atoms with Crippen molar-refractivity contribution in [3.05, 3.63) is 22.7 Å². The van der Waals surface area contributed by atoms with Gasteiger partial charge in [-0.3, -0.25) is 4.79 Å². The number of primary amides is 1. The molecule has 1 atom stereocenters. The Morgan fingerprint density at radius 3 is 2.75 bits per heavy atom. The van der Waals surface area contributed by atoms with Gasteiger partial charge in [-0.1, -0.05) is 11.6 Å². The predicted octanol–water partition coefficient (Wildman–Crippen LogP) is 1.88. The van der Waals surface area contributed by atoms with Gasteiger partial charge in [-0.25, -0.2) is 0 Å². The summed E-state index contributed by atoms with van der Waals surface area (Å²) in [5.74, 6) is 0.333. The summed E-state index contributed by atoms with van der Waals surface area (Å²) in [4.78, 5) is 11.0. The van der Waals surface area contributed by atoms with E-state index in [-0.39, 0.29) is 0 Å². The number of halogens is 2. The van der Waals surface area contributed by atoms with Crippen LogP contribution in [0.3, 0.4) is 0 Å². The van der Waals surface area contributed by atoms with Crippen LogP contribution in [0.1, 0.15) is 10.9 Å². The molecule has 86 valence electrons. The number of carbonyl (C=O) groups excluding carboxylic acids is 1. The summed E-state index contributed by atoms with van der Waals surface area (Å²) in [5, 5.41) is -0.563. The van der Waals surface area contributed by atoms with Crippen molar-refractivity contribution in [2.75, 3.05) is 13.2 Å². The standard InChI is InChI=1S/C10H9Cl2NO3/c11-6-3-5(8(12)10(13)14)4-7-9(6)16-2-1-15-7/h3-4,8H,1-2H2,(H2,13,14). The van der Waals surface area contributed by atoms with Gasteiger partial charge in [0, 0.05) is 0 Å². The van der Waals surface area contributed by atoms with Gasteiger partial charge >= 0.3 is 0 Å². The molecule has 4 nitrogen and oxygen atoms in total. The lowest BCUT2D eigenvalue weighted by atomic mass is 10.1. The van der Waals surface area contributed by atoms with Crippen LogP contribution < -0.4 is 15.2 Å². The van der Waals surface area contributed by atoms with Crippen LogP contribution in [0.5, 0.6) is 11.5 Å². The summed E-state index contributed by atoms with van der Waals surface area (Å²) in [6, 6.07) is 3.17. The van der Waals surface area contributed by atoms with Gasteiger partial charge in [0.1, 0.15) is 18.6 Å². The summed E-state index contributed by atoms with van der Waals surface area (Å²) in [7, 11) is 0. The van der Waals surface area contributed by atoms with Crippen molar-refractivity contribution in [1.82, 2.24) is 0 Å². The zero-order valence-electron chi connectivity index (χ0n) is 8.20. The Hall–Kier alpha value is -1.13. The topological polar surface area (TPSA) is 61.6 Å². The average Bonchev–Trinajstić information content (AvgIpc) is 2.28. The third-order valence-corrected chi connectivity index (χ3v) is 2.91. The third-order valence-electron chi connectivity index (χ3n) is 2.16. The molecule has 2 N–H and O–H groups in total. The van der Waals surface area contributed by atoms with E-state index in [0.29, 0.717) is 35.3 Å². The van der Waals surface area contributed by atoms with Crippen LogP contribution >= 0.6 is 23.2 Å². The van der Waals surface area contributed by atoms with Gasteiger partial charge < -0.3 is 15.2 Å². The van der Waals surface area contributed by atoms with Gasteiger partial charge in [0.2, 0.25) is 5.91 Å². The average molecular weight is 262 g/mol. The first-order chi connectivity index (χ1) is 7.59. The molecule has 1 heterocycles. The van der Waals surface area contributed by atoms with Gasteiger partial charge in [-0.15, -0.1) is 11.6 Å². The number of ether oxygens (including phenoxy) is 2. The van der Waals surface area contributed by atoms with Gasteiger partial charge in [0.15, 0.2) is 11.5 Å². The summed E-state index contributed by atoms with van der Waals surface area (Å²) < 4.78 is 10.7. The lowest BCUT2D eigenvalue weighted by molar-refractivity contribution is -0.117. The molecule has 6 heteroatoms.